The summed E-state index contributed by atoms with van der Waals surface area (Å²) in [5.41, 5.74) is 1.04. The summed E-state index contributed by atoms with van der Waals surface area (Å²) in [4.78, 5) is 26.9. The molecule has 0 fully saturated rings. The molecule has 0 radical (unpaired) electrons. The Morgan fingerprint density at radius 1 is 1.18 bits per heavy atom. The van der Waals surface area contributed by atoms with Crippen LogP contribution in [0.1, 0.15) is 28.7 Å². The van der Waals surface area contributed by atoms with Crippen LogP contribution in [0.2, 0.25) is 0 Å². The molecular formula is C18H23N3O6S. The van der Waals surface area contributed by atoms with E-state index in [1.54, 1.807) is 38.1 Å². The van der Waals surface area contributed by atoms with Crippen LogP contribution in [0.25, 0.3) is 0 Å². The van der Waals surface area contributed by atoms with Crippen LogP contribution >= 0.6 is 0 Å². The monoisotopic (exact) mass is 409 g/mol. The van der Waals surface area contributed by atoms with Crippen molar-refractivity contribution in [3.05, 3.63) is 41.2 Å². The fourth-order valence-electron chi connectivity index (χ4n) is 2.68. The minimum absolute atomic E-state index is 0.0694. The van der Waals surface area contributed by atoms with E-state index in [-0.39, 0.29) is 22.8 Å². The predicted molar refractivity (Wildman–Crippen MR) is 103 cm³/mol. The Morgan fingerprint density at radius 3 is 2.54 bits per heavy atom. The Labute approximate surface area is 163 Å². The number of carbonyl (C=O) groups is 2. The van der Waals surface area contributed by atoms with Crippen LogP contribution in [0.5, 0.6) is 5.75 Å². The van der Waals surface area contributed by atoms with Crippen molar-refractivity contribution in [2.45, 2.75) is 25.7 Å². The lowest BCUT2D eigenvalue weighted by molar-refractivity contribution is -0.115. The maximum absolute atomic E-state index is 12.7. The van der Waals surface area contributed by atoms with Gasteiger partial charge in [-0.1, -0.05) is 6.07 Å². The zero-order valence-electron chi connectivity index (χ0n) is 16.1. The second-order valence-corrected chi connectivity index (χ2v) is 7.61. The van der Waals surface area contributed by atoms with E-state index in [0.29, 0.717) is 17.1 Å². The predicted octanol–water partition coefficient (Wildman–Crippen LogP) is 1.73. The molecule has 2 aromatic rings. The molecule has 0 unspecified atom stereocenters. The van der Waals surface area contributed by atoms with Crippen LogP contribution in [-0.2, 0) is 19.6 Å². The highest BCUT2D eigenvalue weighted by atomic mass is 32.2. The van der Waals surface area contributed by atoms with E-state index >= 15 is 0 Å². The highest BCUT2D eigenvalue weighted by Gasteiger charge is 2.30. The van der Waals surface area contributed by atoms with Gasteiger partial charge in [0.15, 0.2) is 0 Å². The largest absolute Gasteiger partial charge is 0.497 e. The lowest BCUT2D eigenvalue weighted by Gasteiger charge is -2.10. The highest BCUT2D eigenvalue weighted by Crippen LogP contribution is 2.24. The number of esters is 1. The van der Waals surface area contributed by atoms with Gasteiger partial charge in [-0.25, -0.2) is 17.9 Å². The first kappa shape index (κ1) is 21.5. The van der Waals surface area contributed by atoms with Crippen molar-refractivity contribution in [2.75, 3.05) is 25.6 Å². The summed E-state index contributed by atoms with van der Waals surface area (Å²) in [5, 5.41) is 2.57. The summed E-state index contributed by atoms with van der Waals surface area (Å²) in [5.74, 6) is -0.763. The van der Waals surface area contributed by atoms with Crippen molar-refractivity contribution in [1.29, 1.82) is 0 Å². The third-order valence-corrected chi connectivity index (χ3v) is 5.41. The van der Waals surface area contributed by atoms with Gasteiger partial charge in [-0.2, -0.15) is 0 Å². The van der Waals surface area contributed by atoms with Gasteiger partial charge >= 0.3 is 5.97 Å². The molecule has 0 spiro atoms. The number of aromatic nitrogens is 1. The molecule has 0 bridgehead atoms. The fourth-order valence-corrected chi connectivity index (χ4v) is 4.11. The van der Waals surface area contributed by atoms with Crippen LogP contribution in [0, 0.1) is 13.8 Å². The first-order valence-electron chi connectivity index (χ1n) is 8.49. The smallest absolute Gasteiger partial charge is 0.341 e. The third kappa shape index (κ3) is 4.90. The number of benzene rings is 1. The molecule has 28 heavy (non-hydrogen) atoms. The van der Waals surface area contributed by atoms with Gasteiger partial charge in [-0.15, -0.1) is 0 Å². The summed E-state index contributed by atoms with van der Waals surface area (Å²) in [7, 11) is -2.63. The van der Waals surface area contributed by atoms with E-state index < -0.39 is 28.4 Å². The number of sulfonamides is 1. The number of aryl methyl sites for hydroxylation is 2. The molecule has 0 saturated carbocycles. The molecule has 0 aliphatic carbocycles. The van der Waals surface area contributed by atoms with Crippen molar-refractivity contribution in [3.63, 3.8) is 0 Å². The maximum atomic E-state index is 12.7. The molecular weight excluding hydrogens is 386 g/mol. The van der Waals surface area contributed by atoms with Gasteiger partial charge in [0.05, 0.1) is 20.3 Å². The fraction of sp³-hybridized carbons (Fsp3) is 0.333. The van der Waals surface area contributed by atoms with Crippen LogP contribution in [0.3, 0.4) is 0 Å². The first-order valence-corrected chi connectivity index (χ1v) is 9.97. The van der Waals surface area contributed by atoms with Crippen molar-refractivity contribution >= 4 is 27.6 Å². The van der Waals surface area contributed by atoms with Gasteiger partial charge in [0.1, 0.15) is 16.2 Å². The number of hydrogen-bond acceptors (Lipinski definition) is 6. The standard InChI is InChI=1S/C18H23N3O6S/c1-5-27-18(23)16-11(2)20-12(3)17(16)28(24,25)19-10-15(22)21-13-7-6-8-14(9-13)26-4/h6-9,19-20H,5,10H2,1-4H3,(H,21,22). The number of ether oxygens (including phenoxy) is 2. The van der Waals surface area contributed by atoms with Gasteiger partial charge in [0.2, 0.25) is 15.9 Å². The molecule has 152 valence electrons. The maximum Gasteiger partial charge on any atom is 0.341 e. The zero-order chi connectivity index (χ0) is 20.9. The van der Waals surface area contributed by atoms with Gasteiger partial charge in [-0.05, 0) is 32.9 Å². The Hall–Kier alpha value is -2.85. The molecule has 0 aliphatic heterocycles. The molecule has 0 saturated heterocycles. The van der Waals surface area contributed by atoms with Crippen LogP contribution in [0.15, 0.2) is 29.2 Å². The molecule has 1 heterocycles. The van der Waals surface area contributed by atoms with E-state index in [1.165, 1.54) is 14.0 Å². The molecule has 9 nitrogen and oxygen atoms in total. The summed E-state index contributed by atoms with van der Waals surface area (Å²) in [6.45, 7) is 4.33. The number of anilines is 1. The Balaban J connectivity index is 2.16. The van der Waals surface area contributed by atoms with Crippen LogP contribution in [0.4, 0.5) is 5.69 Å². The number of nitrogens with one attached hydrogen (secondary N) is 3. The lowest BCUT2D eigenvalue weighted by Crippen LogP contribution is -2.33. The Kier molecular flexibility index (Phi) is 6.81. The normalized spacial score (nSPS) is 11.1. The number of rotatable bonds is 8. The first-order chi connectivity index (χ1) is 13.2. The van der Waals surface area contributed by atoms with Gasteiger partial charge in [-0.3, -0.25) is 4.79 Å². The topological polar surface area (TPSA) is 127 Å². The SMILES string of the molecule is CCOC(=O)c1c(C)[nH]c(C)c1S(=O)(=O)NCC(=O)Nc1cccc(OC)c1. The second-order valence-electron chi connectivity index (χ2n) is 5.90. The van der Waals surface area contributed by atoms with Gasteiger partial charge in [0.25, 0.3) is 0 Å². The molecule has 1 aromatic carbocycles. The minimum atomic E-state index is -4.13. The molecule has 0 aliphatic rings. The van der Waals surface area contributed by atoms with Crippen LogP contribution in [-0.4, -0.2) is 45.5 Å². The van der Waals surface area contributed by atoms with Crippen LogP contribution < -0.4 is 14.8 Å². The van der Waals surface area contributed by atoms with E-state index in [2.05, 4.69) is 15.0 Å². The van der Waals surface area contributed by atoms with Crippen molar-refractivity contribution in [1.82, 2.24) is 9.71 Å². The average molecular weight is 409 g/mol. The summed E-state index contributed by atoms with van der Waals surface area (Å²) in [6.07, 6.45) is 0. The van der Waals surface area contributed by atoms with E-state index in [9.17, 15) is 18.0 Å². The molecule has 10 heteroatoms. The summed E-state index contributed by atoms with van der Waals surface area (Å²) >= 11 is 0. The average Bonchev–Trinajstić information content (AvgIpc) is 2.95. The third-order valence-electron chi connectivity index (χ3n) is 3.84. The minimum Gasteiger partial charge on any atom is -0.497 e. The molecule has 0 atom stereocenters. The summed E-state index contributed by atoms with van der Waals surface area (Å²) in [6, 6.07) is 6.65. The number of amides is 1. The van der Waals surface area contributed by atoms with Gasteiger partial charge in [0, 0.05) is 23.1 Å². The lowest BCUT2D eigenvalue weighted by atomic mass is 10.2. The Bertz CT molecular complexity index is 981. The number of hydrogen-bond donors (Lipinski definition) is 3. The van der Waals surface area contributed by atoms with E-state index in [0.717, 1.165) is 0 Å². The number of methoxy groups -OCH3 is 1. The molecule has 3 N–H and O–H groups in total. The number of H-pyrrole nitrogens is 1. The Morgan fingerprint density at radius 2 is 1.89 bits per heavy atom. The molecule has 1 aromatic heterocycles. The van der Waals surface area contributed by atoms with Crippen molar-refractivity contribution < 1.29 is 27.5 Å². The quantitative estimate of drug-likeness (QED) is 0.570. The second kappa shape index (κ2) is 8.89. The molecule has 1 amide bonds. The number of aromatic amines is 1. The van der Waals surface area contributed by atoms with E-state index in [4.69, 9.17) is 9.47 Å². The van der Waals surface area contributed by atoms with Crippen molar-refractivity contribution in [2.24, 2.45) is 0 Å². The van der Waals surface area contributed by atoms with Gasteiger partial charge < -0.3 is 19.8 Å². The molecule has 2 rings (SSSR count). The highest BCUT2D eigenvalue weighted by molar-refractivity contribution is 7.89. The van der Waals surface area contributed by atoms with E-state index in [1.807, 2.05) is 0 Å². The van der Waals surface area contributed by atoms with Crippen molar-refractivity contribution in [3.8, 4) is 5.75 Å². The summed E-state index contributed by atoms with van der Waals surface area (Å²) < 4.78 is 37.7. The zero-order valence-corrected chi connectivity index (χ0v) is 16.9. The number of carbonyl (C=O) groups excluding carboxylic acids is 2.